The van der Waals surface area contributed by atoms with Gasteiger partial charge in [-0.15, -0.1) is 0 Å². The minimum absolute atomic E-state index is 0.0637. The number of halogens is 1. The van der Waals surface area contributed by atoms with Crippen LogP contribution in [0.3, 0.4) is 0 Å². The Hall–Kier alpha value is -2.94. The Kier molecular flexibility index (Phi) is 5.38. The third-order valence-corrected chi connectivity index (χ3v) is 4.58. The highest BCUT2D eigenvalue weighted by Crippen LogP contribution is 2.17. The minimum atomic E-state index is -3.90. The molecule has 9 heteroatoms. The first-order chi connectivity index (χ1) is 11.7. The standard InChI is InChI=1S/C16H15FN2O5S/c1-10(15(18)20)24-16(21)11-2-8-14(9-3-11)25(22,23)19-13-6-4-12(17)5-7-13/h2-10,19H,1H3,(H2,18,20)/t10-/m1/s1. The molecule has 0 heterocycles. The van der Waals surface area contributed by atoms with Crippen molar-refractivity contribution in [2.75, 3.05) is 4.72 Å². The van der Waals surface area contributed by atoms with Crippen molar-refractivity contribution in [1.29, 1.82) is 0 Å². The van der Waals surface area contributed by atoms with Crippen LogP contribution >= 0.6 is 0 Å². The SMILES string of the molecule is C[C@@H](OC(=O)c1ccc(S(=O)(=O)Nc2ccc(F)cc2)cc1)C(N)=O. The summed E-state index contributed by atoms with van der Waals surface area (Å²) in [5.74, 6) is -2.09. The Balaban J connectivity index is 2.14. The van der Waals surface area contributed by atoms with E-state index in [1.54, 1.807) is 0 Å². The second-order valence-electron chi connectivity index (χ2n) is 5.09. The molecule has 132 valence electrons. The zero-order chi connectivity index (χ0) is 18.6. The summed E-state index contributed by atoms with van der Waals surface area (Å²) in [6.45, 7) is 1.33. The lowest BCUT2D eigenvalue weighted by Gasteiger charge is -2.11. The van der Waals surface area contributed by atoms with Crippen LogP contribution in [0, 0.1) is 5.82 Å². The van der Waals surface area contributed by atoms with Gasteiger partial charge in [0, 0.05) is 5.69 Å². The molecule has 0 radical (unpaired) electrons. The van der Waals surface area contributed by atoms with Gasteiger partial charge in [-0.05, 0) is 55.5 Å². The van der Waals surface area contributed by atoms with Gasteiger partial charge in [0.2, 0.25) is 0 Å². The van der Waals surface area contributed by atoms with E-state index in [0.29, 0.717) is 0 Å². The zero-order valence-corrected chi connectivity index (χ0v) is 13.9. The molecule has 2 aromatic carbocycles. The lowest BCUT2D eigenvalue weighted by Crippen LogP contribution is -2.30. The number of hydrogen-bond donors (Lipinski definition) is 2. The first-order valence-electron chi connectivity index (χ1n) is 7.08. The monoisotopic (exact) mass is 366 g/mol. The number of anilines is 1. The van der Waals surface area contributed by atoms with Gasteiger partial charge in [0.05, 0.1) is 10.5 Å². The van der Waals surface area contributed by atoms with E-state index in [9.17, 15) is 22.4 Å². The van der Waals surface area contributed by atoms with Crippen molar-refractivity contribution in [2.45, 2.75) is 17.9 Å². The number of rotatable bonds is 6. The molecule has 0 saturated heterocycles. The average Bonchev–Trinajstić information content (AvgIpc) is 2.56. The topological polar surface area (TPSA) is 116 Å². The molecule has 0 spiro atoms. The van der Waals surface area contributed by atoms with Crippen LogP contribution in [0.2, 0.25) is 0 Å². The summed E-state index contributed by atoms with van der Waals surface area (Å²) in [7, 11) is -3.90. The van der Waals surface area contributed by atoms with Crippen molar-refractivity contribution >= 4 is 27.6 Å². The predicted octanol–water partition coefficient (Wildman–Crippen LogP) is 1.66. The number of carbonyl (C=O) groups excluding carboxylic acids is 2. The van der Waals surface area contributed by atoms with Gasteiger partial charge in [-0.25, -0.2) is 17.6 Å². The van der Waals surface area contributed by atoms with Gasteiger partial charge in [-0.1, -0.05) is 0 Å². The van der Waals surface area contributed by atoms with Crippen molar-refractivity contribution in [2.24, 2.45) is 5.73 Å². The second kappa shape index (κ2) is 7.31. The van der Waals surface area contributed by atoms with Crippen molar-refractivity contribution in [3.8, 4) is 0 Å². The molecule has 2 aromatic rings. The fraction of sp³-hybridized carbons (Fsp3) is 0.125. The molecule has 0 aliphatic rings. The molecular formula is C16H15FN2O5S. The molecule has 7 nitrogen and oxygen atoms in total. The number of nitrogens with one attached hydrogen (secondary N) is 1. The molecule has 2 rings (SSSR count). The lowest BCUT2D eigenvalue weighted by molar-refractivity contribution is -0.125. The average molecular weight is 366 g/mol. The first kappa shape index (κ1) is 18.4. The van der Waals surface area contributed by atoms with Crippen molar-refractivity contribution in [3.63, 3.8) is 0 Å². The van der Waals surface area contributed by atoms with E-state index in [4.69, 9.17) is 10.5 Å². The fourth-order valence-electron chi connectivity index (χ4n) is 1.79. The lowest BCUT2D eigenvalue weighted by atomic mass is 10.2. The van der Waals surface area contributed by atoms with Crippen molar-refractivity contribution in [3.05, 3.63) is 59.9 Å². The smallest absolute Gasteiger partial charge is 0.338 e. The van der Waals surface area contributed by atoms with Gasteiger partial charge < -0.3 is 10.5 Å². The molecule has 1 amide bonds. The van der Waals surface area contributed by atoms with Crippen molar-refractivity contribution in [1.82, 2.24) is 0 Å². The predicted molar refractivity (Wildman–Crippen MR) is 87.7 cm³/mol. The number of ether oxygens (including phenoxy) is 1. The van der Waals surface area contributed by atoms with Crippen LogP contribution in [0.5, 0.6) is 0 Å². The first-order valence-corrected chi connectivity index (χ1v) is 8.56. The van der Waals surface area contributed by atoms with Crippen LogP contribution in [0.25, 0.3) is 0 Å². The van der Waals surface area contributed by atoms with E-state index in [1.807, 2.05) is 0 Å². The van der Waals surface area contributed by atoms with Crippen LogP contribution in [0.4, 0.5) is 10.1 Å². The fourth-order valence-corrected chi connectivity index (χ4v) is 2.85. The quantitative estimate of drug-likeness (QED) is 0.754. The van der Waals surface area contributed by atoms with Gasteiger partial charge in [0.25, 0.3) is 15.9 Å². The number of nitrogens with two attached hydrogens (primary N) is 1. The van der Waals surface area contributed by atoms with Crippen LogP contribution in [0.1, 0.15) is 17.3 Å². The Morgan fingerprint density at radius 2 is 1.64 bits per heavy atom. The highest BCUT2D eigenvalue weighted by Gasteiger charge is 2.18. The minimum Gasteiger partial charge on any atom is -0.449 e. The maximum absolute atomic E-state index is 12.9. The van der Waals surface area contributed by atoms with Crippen LogP contribution in [-0.2, 0) is 19.6 Å². The molecule has 1 atom stereocenters. The molecule has 0 aliphatic heterocycles. The van der Waals surface area contributed by atoms with Gasteiger partial charge in [0.15, 0.2) is 6.10 Å². The molecule has 3 N–H and O–H groups in total. The molecule has 0 unspecified atom stereocenters. The molecule has 0 bridgehead atoms. The van der Waals surface area contributed by atoms with E-state index in [2.05, 4.69) is 4.72 Å². The highest BCUT2D eigenvalue weighted by atomic mass is 32.2. The molecule has 0 aliphatic carbocycles. The number of amides is 1. The maximum Gasteiger partial charge on any atom is 0.338 e. The Bertz CT molecular complexity index is 880. The van der Waals surface area contributed by atoms with Gasteiger partial charge >= 0.3 is 5.97 Å². The van der Waals surface area contributed by atoms with E-state index < -0.39 is 33.8 Å². The third-order valence-electron chi connectivity index (χ3n) is 3.18. The third kappa shape index (κ3) is 4.77. The Morgan fingerprint density at radius 3 is 2.16 bits per heavy atom. The number of carbonyl (C=O) groups is 2. The second-order valence-corrected chi connectivity index (χ2v) is 6.77. The zero-order valence-electron chi connectivity index (χ0n) is 13.1. The van der Waals surface area contributed by atoms with E-state index in [0.717, 1.165) is 12.1 Å². The van der Waals surface area contributed by atoms with E-state index in [-0.39, 0.29) is 16.1 Å². The van der Waals surface area contributed by atoms with Crippen LogP contribution < -0.4 is 10.5 Å². The Labute approximate surface area is 143 Å². The highest BCUT2D eigenvalue weighted by molar-refractivity contribution is 7.92. The molecular weight excluding hydrogens is 351 g/mol. The summed E-state index contributed by atoms with van der Waals surface area (Å²) in [6, 6.07) is 9.71. The normalized spacial score (nSPS) is 12.2. The van der Waals surface area contributed by atoms with Gasteiger partial charge in [0.1, 0.15) is 5.82 Å². The number of primary amides is 1. The van der Waals surface area contributed by atoms with Crippen LogP contribution in [0.15, 0.2) is 53.4 Å². The largest absolute Gasteiger partial charge is 0.449 e. The molecule has 0 aromatic heterocycles. The molecule has 0 saturated carbocycles. The summed E-state index contributed by atoms with van der Waals surface area (Å²) < 4.78 is 44.5. The molecule has 25 heavy (non-hydrogen) atoms. The summed E-state index contributed by atoms with van der Waals surface area (Å²) in [5.41, 5.74) is 5.26. The summed E-state index contributed by atoms with van der Waals surface area (Å²) in [4.78, 5) is 22.6. The van der Waals surface area contributed by atoms with Gasteiger partial charge in [-0.2, -0.15) is 0 Å². The summed E-state index contributed by atoms with van der Waals surface area (Å²) in [5, 5.41) is 0. The molecule has 0 fully saturated rings. The number of hydrogen-bond acceptors (Lipinski definition) is 5. The summed E-state index contributed by atoms with van der Waals surface area (Å²) in [6.07, 6.45) is -1.10. The van der Waals surface area contributed by atoms with E-state index >= 15 is 0 Å². The number of benzene rings is 2. The summed E-state index contributed by atoms with van der Waals surface area (Å²) >= 11 is 0. The maximum atomic E-state index is 12.9. The van der Waals surface area contributed by atoms with E-state index in [1.165, 1.54) is 43.3 Å². The van der Waals surface area contributed by atoms with Gasteiger partial charge in [-0.3, -0.25) is 9.52 Å². The van der Waals surface area contributed by atoms with Crippen LogP contribution in [-0.4, -0.2) is 26.4 Å². The van der Waals surface area contributed by atoms with Crippen molar-refractivity contribution < 1.29 is 27.1 Å². The number of sulfonamides is 1. The number of esters is 1. The Morgan fingerprint density at radius 1 is 1.08 bits per heavy atom.